The van der Waals surface area contributed by atoms with Crippen LogP contribution in [0.5, 0.6) is 0 Å². The van der Waals surface area contributed by atoms with Crippen LogP contribution in [-0.4, -0.2) is 19.1 Å². The van der Waals surface area contributed by atoms with Crippen molar-refractivity contribution in [1.29, 1.82) is 0 Å². The molecule has 60 heavy (non-hydrogen) atoms. The number of fused-ring (bicyclic) bond motifs is 7. The summed E-state index contributed by atoms with van der Waals surface area (Å²) < 4.78 is 4.60. The minimum atomic E-state index is 0.647. The van der Waals surface area contributed by atoms with Gasteiger partial charge in [0.25, 0.3) is 0 Å². The zero-order valence-corrected chi connectivity index (χ0v) is 32.6. The summed E-state index contributed by atoms with van der Waals surface area (Å²) >= 11 is 0. The summed E-state index contributed by atoms with van der Waals surface area (Å²) in [6.07, 6.45) is 0. The summed E-state index contributed by atoms with van der Waals surface area (Å²) in [5, 5.41) is 5.81. The van der Waals surface area contributed by atoms with E-state index in [1.165, 1.54) is 43.9 Å². The number of nitrogens with zero attached hydrogens (tertiary/aromatic N) is 4. The van der Waals surface area contributed by atoms with Crippen molar-refractivity contribution in [3.05, 3.63) is 218 Å². The van der Waals surface area contributed by atoms with Crippen LogP contribution in [0.1, 0.15) is 0 Å². The van der Waals surface area contributed by atoms with Crippen LogP contribution in [0.3, 0.4) is 0 Å². The third kappa shape index (κ3) is 5.53. The third-order valence-corrected chi connectivity index (χ3v) is 12.0. The highest BCUT2D eigenvalue weighted by molar-refractivity contribution is 6.12. The van der Waals surface area contributed by atoms with Crippen LogP contribution < -0.4 is 0 Å². The van der Waals surface area contributed by atoms with Crippen LogP contribution in [0.25, 0.3) is 111 Å². The van der Waals surface area contributed by atoms with E-state index in [1.54, 1.807) is 0 Å². The second kappa shape index (κ2) is 13.8. The molecule has 3 heterocycles. The molecule has 3 aromatic heterocycles. The summed E-state index contributed by atoms with van der Waals surface area (Å²) in [5.41, 5.74) is 15.6. The molecule has 12 rings (SSSR count). The minimum absolute atomic E-state index is 0.647. The fourth-order valence-corrected chi connectivity index (χ4v) is 9.06. The van der Waals surface area contributed by atoms with Gasteiger partial charge in [0, 0.05) is 38.2 Å². The SMILES string of the molecule is c1ccc(-c2ccc(-c3ccc(-c4nc(-n5c6ccccc6c6ccc(-c7ccc8c(c7)c7ccccc7n8-c7ccccc7)cc65)nc5ccccc45)cc3)cc2)cc1. The van der Waals surface area contributed by atoms with Gasteiger partial charge in [-0.3, -0.25) is 4.57 Å². The fraction of sp³-hybridized carbons (Fsp3) is 0. The summed E-state index contributed by atoms with van der Waals surface area (Å²) in [7, 11) is 0. The molecule has 0 atom stereocenters. The first kappa shape index (κ1) is 34.0. The van der Waals surface area contributed by atoms with Gasteiger partial charge < -0.3 is 4.57 Å². The van der Waals surface area contributed by atoms with E-state index in [2.05, 4.69) is 228 Å². The van der Waals surface area contributed by atoms with E-state index in [1.807, 2.05) is 0 Å². The highest BCUT2D eigenvalue weighted by Crippen LogP contribution is 2.39. The Bertz CT molecular complexity index is 3560. The van der Waals surface area contributed by atoms with Crippen molar-refractivity contribution in [3.63, 3.8) is 0 Å². The van der Waals surface area contributed by atoms with E-state index in [-0.39, 0.29) is 0 Å². The number of aromatic nitrogens is 4. The molecular formula is C56H36N4. The van der Waals surface area contributed by atoms with E-state index < -0.39 is 0 Å². The van der Waals surface area contributed by atoms with Gasteiger partial charge in [-0.25, -0.2) is 9.97 Å². The second-order valence-electron chi connectivity index (χ2n) is 15.4. The number of rotatable bonds is 6. The lowest BCUT2D eigenvalue weighted by molar-refractivity contribution is 1.01. The standard InChI is InChI=1S/C56H36N4/c1-3-13-37(14-4-1)38-23-25-39(26-24-38)40-27-29-41(30-28-40)55-48-19-7-10-20-50(48)57-56(58-55)60-52-22-12-8-17-45(52)47-33-31-43(36-54(47)60)42-32-34-53-49(35-42)46-18-9-11-21-51(46)59(53)44-15-5-2-6-16-44/h1-36H. The predicted octanol–water partition coefficient (Wildman–Crippen LogP) is 14.5. The van der Waals surface area contributed by atoms with Crippen LogP contribution in [0, 0.1) is 0 Å². The van der Waals surface area contributed by atoms with Crippen molar-refractivity contribution in [3.8, 4) is 56.3 Å². The Morgan fingerprint density at radius 1 is 0.267 bits per heavy atom. The topological polar surface area (TPSA) is 35.6 Å². The van der Waals surface area contributed by atoms with E-state index in [0.717, 1.165) is 61.0 Å². The molecule has 4 heteroatoms. The van der Waals surface area contributed by atoms with Gasteiger partial charge in [0.05, 0.1) is 33.3 Å². The molecule has 0 saturated heterocycles. The highest BCUT2D eigenvalue weighted by Gasteiger charge is 2.19. The summed E-state index contributed by atoms with van der Waals surface area (Å²) in [6, 6.07) is 78.0. The lowest BCUT2D eigenvalue weighted by Crippen LogP contribution is -2.03. The molecule has 0 radical (unpaired) electrons. The first-order valence-corrected chi connectivity index (χ1v) is 20.4. The lowest BCUT2D eigenvalue weighted by atomic mass is 9.98. The van der Waals surface area contributed by atoms with Gasteiger partial charge in [0.15, 0.2) is 0 Å². The maximum atomic E-state index is 5.42. The predicted molar refractivity (Wildman–Crippen MR) is 250 cm³/mol. The molecule has 4 nitrogen and oxygen atoms in total. The molecular weight excluding hydrogens is 729 g/mol. The summed E-state index contributed by atoms with van der Waals surface area (Å²) in [5.74, 6) is 0.647. The second-order valence-corrected chi connectivity index (χ2v) is 15.4. The third-order valence-electron chi connectivity index (χ3n) is 12.0. The van der Waals surface area contributed by atoms with Crippen LogP contribution in [0.4, 0.5) is 0 Å². The first-order valence-electron chi connectivity index (χ1n) is 20.4. The number of hydrogen-bond acceptors (Lipinski definition) is 2. The van der Waals surface area contributed by atoms with Crippen LogP contribution >= 0.6 is 0 Å². The van der Waals surface area contributed by atoms with Crippen LogP contribution in [-0.2, 0) is 0 Å². The molecule has 0 unspecified atom stereocenters. The van der Waals surface area contributed by atoms with Crippen molar-refractivity contribution in [2.24, 2.45) is 0 Å². The summed E-state index contributed by atoms with van der Waals surface area (Å²) in [4.78, 5) is 10.7. The van der Waals surface area contributed by atoms with Crippen molar-refractivity contribution in [2.75, 3.05) is 0 Å². The molecule has 0 amide bonds. The smallest absolute Gasteiger partial charge is 0.235 e. The molecule has 0 aliphatic carbocycles. The quantitative estimate of drug-likeness (QED) is 0.169. The van der Waals surface area contributed by atoms with Gasteiger partial charge in [0.2, 0.25) is 5.95 Å². The van der Waals surface area contributed by atoms with Crippen molar-refractivity contribution >= 4 is 54.5 Å². The maximum Gasteiger partial charge on any atom is 0.235 e. The Morgan fingerprint density at radius 2 is 0.733 bits per heavy atom. The zero-order chi connectivity index (χ0) is 39.6. The van der Waals surface area contributed by atoms with Gasteiger partial charge in [0.1, 0.15) is 0 Å². The molecule has 280 valence electrons. The largest absolute Gasteiger partial charge is 0.309 e. The van der Waals surface area contributed by atoms with E-state index in [4.69, 9.17) is 9.97 Å². The molecule has 0 spiro atoms. The monoisotopic (exact) mass is 764 g/mol. The van der Waals surface area contributed by atoms with Gasteiger partial charge >= 0.3 is 0 Å². The number of benzene rings is 9. The van der Waals surface area contributed by atoms with Crippen molar-refractivity contribution in [2.45, 2.75) is 0 Å². The van der Waals surface area contributed by atoms with Crippen molar-refractivity contribution in [1.82, 2.24) is 19.1 Å². The normalized spacial score (nSPS) is 11.7. The molecule has 0 saturated carbocycles. The molecule has 0 aliphatic rings. The fourth-order valence-electron chi connectivity index (χ4n) is 9.06. The number of hydrogen-bond donors (Lipinski definition) is 0. The first-order chi connectivity index (χ1) is 29.7. The number of para-hydroxylation sites is 4. The Labute approximate surface area is 346 Å². The molecule has 9 aromatic carbocycles. The van der Waals surface area contributed by atoms with E-state index >= 15 is 0 Å². The van der Waals surface area contributed by atoms with Crippen molar-refractivity contribution < 1.29 is 0 Å². The zero-order valence-electron chi connectivity index (χ0n) is 32.6. The highest BCUT2D eigenvalue weighted by atomic mass is 15.2. The molecule has 0 N–H and O–H groups in total. The molecule has 12 aromatic rings. The van der Waals surface area contributed by atoms with Gasteiger partial charge in [-0.05, 0) is 81.9 Å². The maximum absolute atomic E-state index is 5.42. The minimum Gasteiger partial charge on any atom is -0.309 e. The van der Waals surface area contributed by atoms with Crippen LogP contribution in [0.15, 0.2) is 218 Å². The Balaban J connectivity index is 0.987. The summed E-state index contributed by atoms with van der Waals surface area (Å²) in [6.45, 7) is 0. The van der Waals surface area contributed by atoms with Gasteiger partial charge in [-0.2, -0.15) is 0 Å². The van der Waals surface area contributed by atoms with Gasteiger partial charge in [-0.15, -0.1) is 0 Å². The molecule has 0 bridgehead atoms. The average Bonchev–Trinajstić information content (AvgIpc) is 3.84. The lowest BCUT2D eigenvalue weighted by Gasteiger charge is -2.13. The van der Waals surface area contributed by atoms with Crippen LogP contribution in [0.2, 0.25) is 0 Å². The van der Waals surface area contributed by atoms with E-state index in [9.17, 15) is 0 Å². The Kier molecular flexibility index (Phi) is 7.82. The van der Waals surface area contributed by atoms with E-state index in [0.29, 0.717) is 5.95 Å². The Morgan fingerprint density at radius 3 is 1.43 bits per heavy atom. The Hall–Kier alpha value is -8.08. The average molecular weight is 765 g/mol. The molecule has 0 aliphatic heterocycles. The molecule has 0 fully saturated rings. The van der Waals surface area contributed by atoms with Gasteiger partial charge in [-0.1, -0.05) is 170 Å².